The van der Waals surface area contributed by atoms with E-state index >= 15 is 0 Å². The van der Waals surface area contributed by atoms with E-state index < -0.39 is 0 Å². The quantitative estimate of drug-likeness (QED) is 0.463. The van der Waals surface area contributed by atoms with Gasteiger partial charge in [0, 0.05) is 31.6 Å². The largest absolute Gasteiger partial charge is 0.383 e. The van der Waals surface area contributed by atoms with Crippen LogP contribution in [0.15, 0.2) is 30.3 Å². The Morgan fingerprint density at radius 3 is 2.52 bits per heavy atom. The standard InChI is InChI=1S/C26H40N4O3/c1-7-8-9-10-15-25(32)29(16-17-33-6)19-24(31)27-23-18-22(26(3,4)5)28-30(23)21-14-12-11-13-20(21)2/h11-14,18H,7-10,15-17,19H2,1-6H3,(H,27,31). The molecule has 0 unspecified atom stereocenters. The number of nitrogens with one attached hydrogen (secondary N) is 1. The molecule has 0 aliphatic heterocycles. The Kier molecular flexibility index (Phi) is 10.1. The summed E-state index contributed by atoms with van der Waals surface area (Å²) in [4.78, 5) is 27.3. The van der Waals surface area contributed by atoms with Crippen molar-refractivity contribution in [3.8, 4) is 5.69 Å². The SMILES string of the molecule is CCCCCCC(=O)N(CCOC)CC(=O)Nc1cc(C(C)(C)C)nn1-c1ccccc1C. The minimum absolute atomic E-state index is 0.0129. The lowest BCUT2D eigenvalue weighted by Gasteiger charge is -2.22. The number of carbonyl (C=O) groups is 2. The minimum atomic E-state index is -0.247. The molecule has 2 rings (SSSR count). The number of para-hydroxylation sites is 1. The molecule has 0 saturated carbocycles. The number of anilines is 1. The average molecular weight is 457 g/mol. The fraction of sp³-hybridized carbons (Fsp3) is 0.577. The number of aromatic nitrogens is 2. The van der Waals surface area contributed by atoms with Gasteiger partial charge in [-0.1, -0.05) is 65.2 Å². The van der Waals surface area contributed by atoms with Gasteiger partial charge in [-0.15, -0.1) is 0 Å². The van der Waals surface area contributed by atoms with E-state index in [-0.39, 0.29) is 23.8 Å². The Morgan fingerprint density at radius 2 is 1.88 bits per heavy atom. The summed E-state index contributed by atoms with van der Waals surface area (Å²) in [6.07, 6.45) is 4.55. The average Bonchev–Trinajstić information content (AvgIpc) is 3.18. The van der Waals surface area contributed by atoms with Crippen molar-refractivity contribution in [2.75, 3.05) is 32.1 Å². The van der Waals surface area contributed by atoms with Gasteiger partial charge in [-0.25, -0.2) is 4.68 Å². The summed E-state index contributed by atoms with van der Waals surface area (Å²) in [5, 5.41) is 7.78. The second-order valence-electron chi connectivity index (χ2n) is 9.53. The summed E-state index contributed by atoms with van der Waals surface area (Å²) < 4.78 is 6.93. The van der Waals surface area contributed by atoms with E-state index in [4.69, 9.17) is 9.84 Å². The number of nitrogens with zero attached hydrogens (tertiary/aromatic N) is 3. The molecule has 2 aromatic rings. The first-order valence-corrected chi connectivity index (χ1v) is 11.9. The number of hydrogen-bond donors (Lipinski definition) is 1. The van der Waals surface area contributed by atoms with Crippen molar-refractivity contribution >= 4 is 17.6 Å². The van der Waals surface area contributed by atoms with Gasteiger partial charge in [-0.3, -0.25) is 9.59 Å². The second kappa shape index (κ2) is 12.5. The second-order valence-corrected chi connectivity index (χ2v) is 9.53. The van der Waals surface area contributed by atoms with Crippen molar-refractivity contribution in [2.24, 2.45) is 0 Å². The van der Waals surface area contributed by atoms with Crippen LogP contribution in [-0.4, -0.2) is 53.3 Å². The van der Waals surface area contributed by atoms with Crippen LogP contribution in [0.5, 0.6) is 0 Å². The molecule has 1 heterocycles. The Bertz CT molecular complexity index is 915. The summed E-state index contributed by atoms with van der Waals surface area (Å²) >= 11 is 0. The number of hydrogen-bond acceptors (Lipinski definition) is 4. The van der Waals surface area contributed by atoms with Gasteiger partial charge in [0.15, 0.2) is 0 Å². The van der Waals surface area contributed by atoms with Crippen LogP contribution in [0, 0.1) is 6.92 Å². The van der Waals surface area contributed by atoms with Crippen molar-refractivity contribution in [3.05, 3.63) is 41.6 Å². The maximum absolute atomic E-state index is 13.0. The molecule has 33 heavy (non-hydrogen) atoms. The first-order chi connectivity index (χ1) is 15.7. The van der Waals surface area contributed by atoms with E-state index in [9.17, 15) is 9.59 Å². The van der Waals surface area contributed by atoms with Crippen LogP contribution in [0.25, 0.3) is 5.69 Å². The highest BCUT2D eigenvalue weighted by Gasteiger charge is 2.23. The molecule has 0 atom stereocenters. The predicted molar refractivity (Wildman–Crippen MR) is 133 cm³/mol. The molecule has 1 aromatic heterocycles. The van der Waals surface area contributed by atoms with Crippen molar-refractivity contribution in [2.45, 2.75) is 72.1 Å². The smallest absolute Gasteiger partial charge is 0.245 e. The normalized spacial score (nSPS) is 11.5. The van der Waals surface area contributed by atoms with Gasteiger partial charge in [-0.2, -0.15) is 5.10 Å². The Labute approximate surface area is 198 Å². The summed E-state index contributed by atoms with van der Waals surface area (Å²) in [6, 6.07) is 9.84. The third kappa shape index (κ3) is 8.00. The van der Waals surface area contributed by atoms with Crippen LogP contribution in [0.4, 0.5) is 5.82 Å². The molecule has 1 N–H and O–H groups in total. The van der Waals surface area contributed by atoms with Crippen LogP contribution >= 0.6 is 0 Å². The molecule has 0 radical (unpaired) electrons. The fourth-order valence-corrected chi connectivity index (χ4v) is 3.53. The molecule has 0 fully saturated rings. The molecule has 182 valence electrons. The maximum atomic E-state index is 13.0. The number of aryl methyl sites for hydroxylation is 1. The van der Waals surface area contributed by atoms with E-state index in [0.29, 0.717) is 25.4 Å². The first kappa shape index (κ1) is 26.6. The van der Waals surface area contributed by atoms with E-state index in [0.717, 1.165) is 42.6 Å². The monoisotopic (exact) mass is 456 g/mol. The zero-order valence-electron chi connectivity index (χ0n) is 21.1. The maximum Gasteiger partial charge on any atom is 0.245 e. The number of methoxy groups -OCH3 is 1. The molecule has 1 aromatic carbocycles. The molecule has 7 nitrogen and oxygen atoms in total. The predicted octanol–water partition coefficient (Wildman–Crippen LogP) is 4.86. The highest BCUT2D eigenvalue weighted by molar-refractivity contribution is 5.94. The molecule has 0 aliphatic carbocycles. The number of rotatable bonds is 12. The number of unbranched alkanes of at least 4 members (excludes halogenated alkanes) is 3. The molecular formula is C26H40N4O3. The molecule has 0 bridgehead atoms. The van der Waals surface area contributed by atoms with E-state index in [1.807, 2.05) is 37.3 Å². The minimum Gasteiger partial charge on any atom is -0.383 e. The molecule has 0 spiro atoms. The molecule has 0 aliphatic rings. The Balaban J connectivity index is 2.20. The Morgan fingerprint density at radius 1 is 1.15 bits per heavy atom. The van der Waals surface area contributed by atoms with Gasteiger partial charge in [-0.05, 0) is 25.0 Å². The van der Waals surface area contributed by atoms with E-state index in [1.165, 1.54) is 0 Å². The summed E-state index contributed by atoms with van der Waals surface area (Å²) in [7, 11) is 1.60. The third-order valence-electron chi connectivity index (χ3n) is 5.59. The molecule has 0 saturated heterocycles. The van der Waals surface area contributed by atoms with Crippen LogP contribution in [0.1, 0.15) is 71.1 Å². The van der Waals surface area contributed by atoms with Gasteiger partial charge >= 0.3 is 0 Å². The number of benzene rings is 1. The lowest BCUT2D eigenvalue weighted by atomic mass is 9.92. The van der Waals surface area contributed by atoms with Gasteiger partial charge in [0.25, 0.3) is 0 Å². The van der Waals surface area contributed by atoms with Gasteiger partial charge in [0.1, 0.15) is 5.82 Å². The highest BCUT2D eigenvalue weighted by atomic mass is 16.5. The highest BCUT2D eigenvalue weighted by Crippen LogP contribution is 2.27. The lowest BCUT2D eigenvalue weighted by molar-refractivity contribution is -0.135. The van der Waals surface area contributed by atoms with Gasteiger partial charge in [0.05, 0.1) is 24.5 Å². The molecule has 7 heteroatoms. The lowest BCUT2D eigenvalue weighted by Crippen LogP contribution is -2.40. The zero-order chi connectivity index (χ0) is 24.4. The van der Waals surface area contributed by atoms with Crippen molar-refractivity contribution < 1.29 is 14.3 Å². The van der Waals surface area contributed by atoms with Crippen molar-refractivity contribution in [3.63, 3.8) is 0 Å². The summed E-state index contributed by atoms with van der Waals surface area (Å²) in [5.41, 5.74) is 2.67. The third-order valence-corrected chi connectivity index (χ3v) is 5.59. The zero-order valence-corrected chi connectivity index (χ0v) is 21.1. The van der Waals surface area contributed by atoms with Crippen LogP contribution in [0.3, 0.4) is 0 Å². The van der Waals surface area contributed by atoms with Crippen molar-refractivity contribution in [1.29, 1.82) is 0 Å². The Hall–Kier alpha value is -2.67. The topological polar surface area (TPSA) is 76.5 Å². The van der Waals surface area contributed by atoms with E-state index in [1.54, 1.807) is 16.7 Å². The van der Waals surface area contributed by atoms with E-state index in [2.05, 4.69) is 33.0 Å². The van der Waals surface area contributed by atoms with Gasteiger partial charge < -0.3 is 15.0 Å². The number of amides is 2. The number of carbonyl (C=O) groups excluding carboxylic acids is 2. The van der Waals surface area contributed by atoms with Crippen molar-refractivity contribution in [1.82, 2.24) is 14.7 Å². The van der Waals surface area contributed by atoms with Crippen LogP contribution < -0.4 is 5.32 Å². The molecular weight excluding hydrogens is 416 g/mol. The first-order valence-electron chi connectivity index (χ1n) is 11.9. The van der Waals surface area contributed by atoms with Crippen LogP contribution in [0.2, 0.25) is 0 Å². The fourth-order valence-electron chi connectivity index (χ4n) is 3.53. The summed E-state index contributed by atoms with van der Waals surface area (Å²) in [6.45, 7) is 11.2. The summed E-state index contributed by atoms with van der Waals surface area (Å²) in [5.74, 6) is 0.339. The van der Waals surface area contributed by atoms with Gasteiger partial charge in [0.2, 0.25) is 11.8 Å². The number of ether oxygens (including phenoxy) is 1. The van der Waals surface area contributed by atoms with Crippen LogP contribution in [-0.2, 0) is 19.7 Å². The molecule has 2 amide bonds.